The molecule has 4 aromatic rings. The largest absolute Gasteiger partial charge is 0.322 e. The van der Waals surface area contributed by atoms with Gasteiger partial charge in [0.1, 0.15) is 0 Å². The highest BCUT2D eigenvalue weighted by Crippen LogP contribution is 2.24. The summed E-state index contributed by atoms with van der Waals surface area (Å²) in [5.41, 5.74) is 5.34. The Morgan fingerprint density at radius 2 is 2.19 bits per heavy atom. The number of rotatable bonds is 4. The number of pyridine rings is 1. The van der Waals surface area contributed by atoms with Crippen LogP contribution in [0.2, 0.25) is 0 Å². The predicted octanol–water partition coefficient (Wildman–Crippen LogP) is 3.61. The molecule has 32 heavy (non-hydrogen) atoms. The van der Waals surface area contributed by atoms with Crippen LogP contribution in [0.15, 0.2) is 54.6 Å². The summed E-state index contributed by atoms with van der Waals surface area (Å²) in [6.07, 6.45) is 11.9. The van der Waals surface area contributed by atoms with E-state index in [-0.39, 0.29) is 10.7 Å². The number of nitrogens with zero attached hydrogens (tertiary/aromatic N) is 4. The Labute approximate surface area is 189 Å². The molecule has 1 amide bonds. The molecule has 0 unspecified atom stereocenters. The van der Waals surface area contributed by atoms with Crippen LogP contribution in [0.4, 0.5) is 5.69 Å². The molecule has 0 saturated carbocycles. The van der Waals surface area contributed by atoms with E-state index >= 15 is 0 Å². The molecular weight excluding hydrogens is 420 g/mol. The van der Waals surface area contributed by atoms with Gasteiger partial charge in [-0.25, -0.2) is 4.68 Å². The van der Waals surface area contributed by atoms with Gasteiger partial charge < -0.3 is 5.32 Å². The van der Waals surface area contributed by atoms with E-state index in [4.69, 9.17) is 18.6 Å². The number of carbonyl (C=O) groups is 1. The van der Waals surface area contributed by atoms with Gasteiger partial charge in [-0.2, -0.15) is 9.78 Å². The summed E-state index contributed by atoms with van der Waals surface area (Å²) in [5, 5.41) is 14.2. The third kappa shape index (κ3) is 3.59. The average molecular weight is 440 g/mol. The maximum Gasteiger partial charge on any atom is 0.255 e. The average Bonchev–Trinajstić information content (AvgIpc) is 3.25. The van der Waals surface area contributed by atoms with Crippen molar-refractivity contribution < 1.29 is 9.36 Å². The highest BCUT2D eigenvalue weighted by atomic mass is 32.1. The second kappa shape index (κ2) is 8.21. The van der Waals surface area contributed by atoms with E-state index in [2.05, 4.69) is 49.5 Å². The van der Waals surface area contributed by atoms with Gasteiger partial charge in [0.2, 0.25) is 22.5 Å². The number of aromatic amines is 1. The lowest BCUT2D eigenvalue weighted by molar-refractivity contribution is -0.660. The van der Waals surface area contributed by atoms with Gasteiger partial charge in [0, 0.05) is 34.3 Å². The number of terminal acetylenes is 1. The van der Waals surface area contributed by atoms with Crippen molar-refractivity contribution in [3.8, 4) is 18.0 Å². The molecule has 2 aromatic heterocycles. The molecule has 2 aromatic carbocycles. The zero-order valence-corrected chi connectivity index (χ0v) is 17.9. The van der Waals surface area contributed by atoms with Gasteiger partial charge >= 0.3 is 0 Å². The molecule has 8 heteroatoms. The number of fused-ring (bicyclic) bond motifs is 2. The van der Waals surface area contributed by atoms with E-state index in [1.54, 1.807) is 18.2 Å². The number of hydrogen-bond acceptors (Lipinski definition) is 4. The Kier molecular flexibility index (Phi) is 5.09. The maximum absolute atomic E-state index is 12.9. The van der Waals surface area contributed by atoms with E-state index in [0.717, 1.165) is 29.4 Å². The number of carbonyl (C=O) groups excluding carboxylic acids is 1. The molecule has 0 aliphatic heterocycles. The molecule has 7 nitrogen and oxygen atoms in total. The van der Waals surface area contributed by atoms with Gasteiger partial charge in [0.05, 0.1) is 5.69 Å². The molecule has 2 N–H and O–H groups in total. The van der Waals surface area contributed by atoms with E-state index in [1.807, 2.05) is 24.3 Å². The van der Waals surface area contributed by atoms with Crippen LogP contribution in [0.1, 0.15) is 28.0 Å². The first-order valence-electron chi connectivity index (χ1n) is 10.2. The molecule has 0 radical (unpaired) electrons. The molecule has 2 heterocycles. The van der Waals surface area contributed by atoms with Gasteiger partial charge in [-0.3, -0.25) is 4.79 Å². The molecule has 1 aliphatic carbocycles. The quantitative estimate of drug-likeness (QED) is 0.289. The van der Waals surface area contributed by atoms with Crippen molar-refractivity contribution in [2.24, 2.45) is 0 Å². The Balaban J connectivity index is 1.48. The monoisotopic (exact) mass is 439 g/mol. The minimum Gasteiger partial charge on any atom is -0.322 e. The Hall–Kier alpha value is -4.09. The number of hydrogen-bond donors (Lipinski definition) is 2. The first-order valence-corrected chi connectivity index (χ1v) is 10.6. The fourth-order valence-corrected chi connectivity index (χ4v) is 4.19. The van der Waals surface area contributed by atoms with Gasteiger partial charge in [-0.05, 0) is 67.4 Å². The van der Waals surface area contributed by atoms with Gasteiger partial charge in [-0.1, -0.05) is 22.5 Å². The zero-order valence-electron chi connectivity index (χ0n) is 17.1. The molecule has 0 bridgehead atoms. The smallest absolute Gasteiger partial charge is 0.255 e. The van der Waals surface area contributed by atoms with E-state index in [1.165, 1.54) is 10.2 Å². The standard InChI is InChI=1S/C24H18N6OS/c1-2-12-29-21-9-4-3-6-16(21)13-18-14-19(10-11-22(18)29)25-23(31)17-7-5-8-20(15-17)30-24(32)26-27-28-30/h1,4-5,7-11,13-15H,3,6,12H2,(H-,25,26,28,31,32)/p+1. The van der Waals surface area contributed by atoms with Crippen molar-refractivity contribution in [1.82, 2.24) is 20.2 Å². The minimum atomic E-state index is -0.220. The van der Waals surface area contributed by atoms with Gasteiger partial charge in [0.25, 0.3) is 5.91 Å². The molecule has 0 spiro atoms. The lowest BCUT2D eigenvalue weighted by atomic mass is 9.99. The highest BCUT2D eigenvalue weighted by Gasteiger charge is 2.20. The van der Waals surface area contributed by atoms with Crippen molar-refractivity contribution in [3.63, 3.8) is 0 Å². The minimum absolute atomic E-state index is 0.220. The molecule has 0 atom stereocenters. The van der Waals surface area contributed by atoms with E-state index in [9.17, 15) is 4.79 Å². The lowest BCUT2D eigenvalue weighted by Crippen LogP contribution is -2.39. The zero-order chi connectivity index (χ0) is 22.1. The highest BCUT2D eigenvalue weighted by molar-refractivity contribution is 7.71. The van der Waals surface area contributed by atoms with Crippen molar-refractivity contribution in [1.29, 1.82) is 0 Å². The number of benzene rings is 2. The lowest BCUT2D eigenvalue weighted by Gasteiger charge is -2.12. The fraction of sp³-hybridized carbons (Fsp3) is 0.125. The summed E-state index contributed by atoms with van der Waals surface area (Å²) in [5.74, 6) is 2.53. The molecule has 0 fully saturated rings. The summed E-state index contributed by atoms with van der Waals surface area (Å²) < 4.78 is 3.97. The van der Waals surface area contributed by atoms with Crippen LogP contribution >= 0.6 is 12.2 Å². The first-order chi connectivity index (χ1) is 15.6. The van der Waals surface area contributed by atoms with Crippen LogP contribution in [0.25, 0.3) is 22.7 Å². The number of allylic oxidation sites excluding steroid dienone is 1. The number of aromatic nitrogens is 5. The molecule has 0 saturated heterocycles. The number of amides is 1. The summed E-state index contributed by atoms with van der Waals surface area (Å²) in [7, 11) is 0. The fourth-order valence-electron chi connectivity index (χ4n) is 4.01. The Morgan fingerprint density at radius 1 is 1.28 bits per heavy atom. The number of anilines is 1. The van der Waals surface area contributed by atoms with Crippen LogP contribution in [0, 0.1) is 17.1 Å². The van der Waals surface area contributed by atoms with Crippen molar-refractivity contribution in [2.45, 2.75) is 19.4 Å². The third-order valence-electron chi connectivity index (χ3n) is 5.47. The van der Waals surface area contributed by atoms with E-state index < -0.39 is 0 Å². The van der Waals surface area contributed by atoms with Crippen molar-refractivity contribution in [3.05, 3.63) is 76.2 Å². The molecular formula is C24H19N6OS+. The van der Waals surface area contributed by atoms with E-state index in [0.29, 0.717) is 23.5 Å². The van der Waals surface area contributed by atoms with Crippen LogP contribution < -0.4 is 9.88 Å². The number of nitrogens with one attached hydrogen (secondary N) is 2. The second-order valence-corrected chi connectivity index (χ2v) is 7.85. The van der Waals surface area contributed by atoms with Crippen molar-refractivity contribution >= 4 is 40.8 Å². The normalized spacial score (nSPS) is 12.3. The van der Waals surface area contributed by atoms with Crippen LogP contribution in [0.5, 0.6) is 0 Å². The summed E-state index contributed by atoms with van der Waals surface area (Å²) in [4.78, 5) is 12.9. The molecule has 1 aliphatic rings. The van der Waals surface area contributed by atoms with Gasteiger partial charge in [0.15, 0.2) is 0 Å². The molecule has 156 valence electrons. The van der Waals surface area contributed by atoms with Crippen LogP contribution in [0.3, 0.4) is 0 Å². The Bertz CT molecular complexity index is 1490. The number of H-pyrrole nitrogens is 1. The summed E-state index contributed by atoms with van der Waals surface area (Å²) in [6, 6.07) is 15.1. The van der Waals surface area contributed by atoms with Crippen LogP contribution in [-0.2, 0) is 13.0 Å². The Morgan fingerprint density at radius 3 is 3.00 bits per heavy atom. The van der Waals surface area contributed by atoms with Crippen molar-refractivity contribution in [2.75, 3.05) is 5.32 Å². The second-order valence-electron chi connectivity index (χ2n) is 7.48. The third-order valence-corrected chi connectivity index (χ3v) is 5.73. The number of aryl methyl sites for hydroxylation is 1. The SMILES string of the molecule is C#CC[n+]1c2c(cc3cc(NC(=O)c4cccc(-n5[nH]nnc5=S)c4)ccc31)CCC=C2. The predicted molar refractivity (Wildman–Crippen MR) is 125 cm³/mol. The number of tetrazole rings is 1. The summed E-state index contributed by atoms with van der Waals surface area (Å²) in [6.45, 7) is 0.494. The first kappa shape index (κ1) is 19.8. The molecule has 5 rings (SSSR count). The topological polar surface area (TPSA) is 79.5 Å². The summed E-state index contributed by atoms with van der Waals surface area (Å²) >= 11 is 5.14. The maximum atomic E-state index is 12.9. The van der Waals surface area contributed by atoms with Gasteiger partial charge in [-0.15, -0.1) is 6.42 Å². The van der Waals surface area contributed by atoms with Crippen LogP contribution in [-0.4, -0.2) is 26.1 Å².